The van der Waals surface area contributed by atoms with E-state index in [0.717, 1.165) is 48.5 Å². The van der Waals surface area contributed by atoms with Crippen LogP contribution in [0, 0.1) is 5.92 Å². The van der Waals surface area contributed by atoms with Crippen molar-refractivity contribution in [3.63, 3.8) is 0 Å². The Morgan fingerprint density at radius 3 is 2.88 bits per heavy atom. The maximum Gasteiger partial charge on any atom is 0.229 e. The summed E-state index contributed by atoms with van der Waals surface area (Å²) >= 11 is 0. The maximum absolute atomic E-state index is 12.8. The number of benzene rings is 2. The highest BCUT2D eigenvalue weighted by Crippen LogP contribution is 2.25. The second-order valence-corrected chi connectivity index (χ2v) is 6.86. The van der Waals surface area contributed by atoms with E-state index in [1.807, 2.05) is 42.5 Å². The van der Waals surface area contributed by atoms with E-state index in [1.54, 1.807) is 0 Å². The second kappa shape index (κ2) is 7.20. The van der Waals surface area contributed by atoms with Gasteiger partial charge < -0.3 is 15.2 Å². The van der Waals surface area contributed by atoms with Gasteiger partial charge in [0.25, 0.3) is 0 Å². The van der Waals surface area contributed by atoms with E-state index < -0.39 is 0 Å². The van der Waals surface area contributed by atoms with Crippen LogP contribution in [0.25, 0.3) is 11.0 Å². The highest BCUT2D eigenvalue weighted by atomic mass is 16.1. The highest BCUT2D eigenvalue weighted by Gasteiger charge is 2.27. The molecule has 0 aliphatic carbocycles. The molecule has 1 aromatic heterocycles. The molecule has 1 aliphatic rings. The van der Waals surface area contributed by atoms with E-state index in [2.05, 4.69) is 33.2 Å². The number of rotatable bonds is 4. The van der Waals surface area contributed by atoms with Gasteiger partial charge in [-0.2, -0.15) is 0 Å². The molecular formula is C21H24N4O. The molecule has 5 nitrogen and oxygen atoms in total. The molecule has 0 spiro atoms. The van der Waals surface area contributed by atoms with Crippen molar-refractivity contribution in [2.45, 2.75) is 26.2 Å². The summed E-state index contributed by atoms with van der Waals surface area (Å²) in [7, 11) is 0. The molecule has 0 bridgehead atoms. The molecule has 1 amide bonds. The molecule has 2 aromatic carbocycles. The molecule has 5 heteroatoms. The average molecular weight is 348 g/mol. The lowest BCUT2D eigenvalue weighted by molar-refractivity contribution is -0.120. The minimum absolute atomic E-state index is 0.0260. The zero-order valence-corrected chi connectivity index (χ0v) is 15.0. The van der Waals surface area contributed by atoms with Crippen LogP contribution in [-0.4, -0.2) is 29.0 Å². The Bertz CT molecular complexity index is 884. The summed E-state index contributed by atoms with van der Waals surface area (Å²) in [6, 6.07) is 16.1. The van der Waals surface area contributed by atoms with Gasteiger partial charge in [0, 0.05) is 18.8 Å². The Labute approximate surface area is 153 Å². The molecule has 1 unspecified atom stereocenters. The number of carbonyl (C=O) groups is 1. The van der Waals surface area contributed by atoms with Crippen LogP contribution in [0.4, 0.5) is 11.6 Å². The lowest BCUT2D eigenvalue weighted by Crippen LogP contribution is -2.41. The molecule has 0 radical (unpaired) electrons. The summed E-state index contributed by atoms with van der Waals surface area (Å²) in [6.07, 6.45) is 2.81. The SMILES string of the molecule is CCc1ccccc1NC(=O)C1CCCN(c2nc3ccccc3[nH]2)C1. The summed E-state index contributed by atoms with van der Waals surface area (Å²) in [4.78, 5) is 23.1. The van der Waals surface area contributed by atoms with Crippen LogP contribution in [0.5, 0.6) is 0 Å². The van der Waals surface area contributed by atoms with Gasteiger partial charge in [-0.15, -0.1) is 0 Å². The summed E-state index contributed by atoms with van der Waals surface area (Å²) in [5, 5.41) is 3.13. The van der Waals surface area contributed by atoms with Crippen LogP contribution < -0.4 is 10.2 Å². The number of amides is 1. The van der Waals surface area contributed by atoms with Gasteiger partial charge in [0.05, 0.1) is 17.0 Å². The maximum atomic E-state index is 12.8. The Hall–Kier alpha value is -2.82. The fraction of sp³-hybridized carbons (Fsp3) is 0.333. The van der Waals surface area contributed by atoms with Crippen molar-refractivity contribution in [2.75, 3.05) is 23.3 Å². The molecule has 1 fully saturated rings. The van der Waals surface area contributed by atoms with Crippen molar-refractivity contribution in [1.29, 1.82) is 0 Å². The second-order valence-electron chi connectivity index (χ2n) is 6.86. The van der Waals surface area contributed by atoms with Crippen LogP contribution >= 0.6 is 0 Å². The van der Waals surface area contributed by atoms with Gasteiger partial charge >= 0.3 is 0 Å². The Balaban J connectivity index is 1.48. The first kappa shape index (κ1) is 16.6. The number of piperidine rings is 1. The Morgan fingerprint density at radius 2 is 2.04 bits per heavy atom. The molecule has 1 aliphatic heterocycles. The minimum Gasteiger partial charge on any atom is -0.342 e. The molecule has 2 N–H and O–H groups in total. The zero-order chi connectivity index (χ0) is 17.9. The first-order chi connectivity index (χ1) is 12.7. The van der Waals surface area contributed by atoms with Crippen molar-refractivity contribution in [2.24, 2.45) is 5.92 Å². The van der Waals surface area contributed by atoms with Crippen LogP contribution in [0.1, 0.15) is 25.3 Å². The molecular weight excluding hydrogens is 324 g/mol. The van der Waals surface area contributed by atoms with Crippen LogP contribution in [0.15, 0.2) is 48.5 Å². The molecule has 134 valence electrons. The predicted molar refractivity (Wildman–Crippen MR) is 105 cm³/mol. The molecule has 3 aromatic rings. The molecule has 1 saturated heterocycles. The summed E-state index contributed by atoms with van der Waals surface area (Å²) in [5.74, 6) is 0.936. The van der Waals surface area contributed by atoms with E-state index in [-0.39, 0.29) is 11.8 Å². The van der Waals surface area contributed by atoms with Gasteiger partial charge in [-0.3, -0.25) is 4.79 Å². The molecule has 1 atom stereocenters. The summed E-state index contributed by atoms with van der Waals surface area (Å²) in [5.41, 5.74) is 4.10. The number of aryl methyl sites for hydroxylation is 1. The number of carbonyl (C=O) groups excluding carboxylic acids is 1. The monoisotopic (exact) mass is 348 g/mol. The van der Waals surface area contributed by atoms with Crippen molar-refractivity contribution in [3.8, 4) is 0 Å². The minimum atomic E-state index is -0.0260. The number of imidazole rings is 1. The van der Waals surface area contributed by atoms with Gasteiger partial charge in [0.1, 0.15) is 0 Å². The predicted octanol–water partition coefficient (Wildman–Crippen LogP) is 3.98. The molecule has 0 saturated carbocycles. The number of nitrogens with one attached hydrogen (secondary N) is 2. The van der Waals surface area contributed by atoms with E-state index >= 15 is 0 Å². The fourth-order valence-corrected chi connectivity index (χ4v) is 3.66. The van der Waals surface area contributed by atoms with Crippen LogP contribution in [-0.2, 0) is 11.2 Å². The van der Waals surface area contributed by atoms with E-state index in [1.165, 1.54) is 5.56 Å². The molecule has 26 heavy (non-hydrogen) atoms. The number of aromatic amines is 1. The Kier molecular flexibility index (Phi) is 4.61. The average Bonchev–Trinajstić information content (AvgIpc) is 3.13. The third kappa shape index (κ3) is 3.29. The topological polar surface area (TPSA) is 61.0 Å². The lowest BCUT2D eigenvalue weighted by atomic mass is 9.97. The van der Waals surface area contributed by atoms with Crippen LogP contribution in [0.2, 0.25) is 0 Å². The lowest BCUT2D eigenvalue weighted by Gasteiger charge is -2.31. The van der Waals surface area contributed by atoms with Gasteiger partial charge in [0.2, 0.25) is 11.9 Å². The smallest absolute Gasteiger partial charge is 0.229 e. The quantitative estimate of drug-likeness (QED) is 0.750. The zero-order valence-electron chi connectivity index (χ0n) is 15.0. The van der Waals surface area contributed by atoms with Crippen LogP contribution in [0.3, 0.4) is 0 Å². The number of H-pyrrole nitrogens is 1. The fourth-order valence-electron chi connectivity index (χ4n) is 3.66. The number of fused-ring (bicyclic) bond motifs is 1. The first-order valence-electron chi connectivity index (χ1n) is 9.33. The Morgan fingerprint density at radius 1 is 1.23 bits per heavy atom. The summed E-state index contributed by atoms with van der Waals surface area (Å²) < 4.78 is 0. The van der Waals surface area contributed by atoms with E-state index in [9.17, 15) is 4.79 Å². The van der Waals surface area contributed by atoms with Crippen molar-refractivity contribution >= 4 is 28.6 Å². The number of hydrogen-bond acceptors (Lipinski definition) is 3. The normalized spacial score (nSPS) is 17.4. The molecule has 2 heterocycles. The number of anilines is 2. The molecule has 4 rings (SSSR count). The van der Waals surface area contributed by atoms with Gasteiger partial charge in [-0.25, -0.2) is 4.98 Å². The number of hydrogen-bond donors (Lipinski definition) is 2. The van der Waals surface area contributed by atoms with Crippen molar-refractivity contribution < 1.29 is 4.79 Å². The third-order valence-electron chi connectivity index (χ3n) is 5.12. The third-order valence-corrected chi connectivity index (χ3v) is 5.12. The van der Waals surface area contributed by atoms with Gasteiger partial charge in [-0.1, -0.05) is 37.3 Å². The van der Waals surface area contributed by atoms with Crippen molar-refractivity contribution in [1.82, 2.24) is 9.97 Å². The van der Waals surface area contributed by atoms with Gasteiger partial charge in [0.15, 0.2) is 0 Å². The van der Waals surface area contributed by atoms with Crippen molar-refractivity contribution in [3.05, 3.63) is 54.1 Å². The van der Waals surface area contributed by atoms with Gasteiger partial charge in [-0.05, 0) is 43.0 Å². The van der Waals surface area contributed by atoms with E-state index in [0.29, 0.717) is 6.54 Å². The van der Waals surface area contributed by atoms with E-state index in [4.69, 9.17) is 0 Å². The largest absolute Gasteiger partial charge is 0.342 e. The highest BCUT2D eigenvalue weighted by molar-refractivity contribution is 5.93. The summed E-state index contributed by atoms with van der Waals surface area (Å²) in [6.45, 7) is 3.73. The first-order valence-corrected chi connectivity index (χ1v) is 9.33. The number of para-hydroxylation sites is 3. The standard InChI is InChI=1S/C21H24N4O/c1-2-15-8-3-4-10-17(15)22-20(26)16-9-7-13-25(14-16)21-23-18-11-5-6-12-19(18)24-21/h3-6,8,10-12,16H,2,7,9,13-14H2,1H3,(H,22,26)(H,23,24). The number of nitrogens with zero attached hydrogens (tertiary/aromatic N) is 2. The number of aromatic nitrogens is 2.